The van der Waals surface area contributed by atoms with Gasteiger partial charge in [-0.15, -0.1) is 0 Å². The molecule has 3 aliphatic rings. The minimum atomic E-state index is -3.25. The van der Waals surface area contributed by atoms with E-state index in [1.54, 1.807) is 7.05 Å². The lowest BCUT2D eigenvalue weighted by atomic mass is 9.86. The first-order valence-electron chi connectivity index (χ1n) is 10.9. The molecule has 0 unspecified atom stereocenters. The number of likely N-dealkylation sites (tertiary alicyclic amines) is 1. The van der Waals surface area contributed by atoms with Gasteiger partial charge in [0.25, 0.3) is 0 Å². The molecule has 0 bridgehead atoms. The highest BCUT2D eigenvalue weighted by Crippen LogP contribution is 2.25. The van der Waals surface area contributed by atoms with Crippen molar-refractivity contribution in [2.75, 3.05) is 71.7 Å². The molecule has 0 atom stereocenters. The zero-order valence-electron chi connectivity index (χ0n) is 17.6. The molecule has 0 aromatic carbocycles. The molecule has 0 spiro atoms. The highest BCUT2D eigenvalue weighted by atomic mass is 32.2. The predicted octanol–water partition coefficient (Wildman–Crippen LogP) is -0.479. The van der Waals surface area contributed by atoms with Crippen LogP contribution in [0.15, 0.2) is 4.99 Å². The Bertz CT molecular complexity index is 665. The molecule has 3 fully saturated rings. The van der Waals surface area contributed by atoms with Crippen molar-refractivity contribution in [2.45, 2.75) is 32.1 Å². The summed E-state index contributed by atoms with van der Waals surface area (Å²) in [7, 11) is -1.54. The van der Waals surface area contributed by atoms with Crippen molar-refractivity contribution in [3.63, 3.8) is 0 Å². The van der Waals surface area contributed by atoms with E-state index in [1.807, 2.05) is 4.90 Å². The Morgan fingerprint density at radius 3 is 2.28 bits per heavy atom. The van der Waals surface area contributed by atoms with Gasteiger partial charge >= 0.3 is 0 Å². The summed E-state index contributed by atoms with van der Waals surface area (Å²) in [6.45, 7) is 6.35. The number of nitrogens with zero attached hydrogens (tertiary/aromatic N) is 4. The van der Waals surface area contributed by atoms with Crippen LogP contribution in [-0.4, -0.2) is 107 Å². The van der Waals surface area contributed by atoms with Crippen molar-refractivity contribution in [3.8, 4) is 0 Å². The normalized spacial score (nSPS) is 22.0. The van der Waals surface area contributed by atoms with E-state index >= 15 is 0 Å². The standard InChI is InChI=1S/C19H36N6O3S/c1-20-19(21-7-14-29(27,28)22-15-17-5-4-6-17)25-12-10-23(11-13-25)16-18(26)24-8-2-3-9-24/h17,22H,2-16H2,1H3,(H,20,21). The topological polar surface area (TPSA) is 97.3 Å². The van der Waals surface area contributed by atoms with E-state index in [4.69, 9.17) is 0 Å². The second-order valence-electron chi connectivity index (χ2n) is 8.29. The van der Waals surface area contributed by atoms with Crippen LogP contribution in [0.1, 0.15) is 32.1 Å². The van der Waals surface area contributed by atoms with Crippen LogP contribution >= 0.6 is 0 Å². The number of hydrogen-bond donors (Lipinski definition) is 2. The summed E-state index contributed by atoms with van der Waals surface area (Å²) in [4.78, 5) is 22.9. The van der Waals surface area contributed by atoms with Crippen LogP contribution in [0, 0.1) is 5.92 Å². The van der Waals surface area contributed by atoms with E-state index < -0.39 is 10.0 Å². The van der Waals surface area contributed by atoms with E-state index in [0.717, 1.165) is 70.9 Å². The van der Waals surface area contributed by atoms with Gasteiger partial charge in [0.05, 0.1) is 12.3 Å². The Morgan fingerprint density at radius 1 is 1.00 bits per heavy atom. The fourth-order valence-electron chi connectivity index (χ4n) is 4.02. The summed E-state index contributed by atoms with van der Waals surface area (Å²) in [6, 6.07) is 0. The highest BCUT2D eigenvalue weighted by molar-refractivity contribution is 7.89. The van der Waals surface area contributed by atoms with Crippen molar-refractivity contribution >= 4 is 21.9 Å². The smallest absolute Gasteiger partial charge is 0.236 e. The van der Waals surface area contributed by atoms with Gasteiger partial charge in [0.1, 0.15) is 0 Å². The molecule has 1 aliphatic carbocycles. The Hall–Kier alpha value is -1.39. The average molecular weight is 429 g/mol. The number of amides is 1. The molecule has 3 rings (SSSR count). The molecule has 29 heavy (non-hydrogen) atoms. The van der Waals surface area contributed by atoms with E-state index in [0.29, 0.717) is 25.6 Å². The third-order valence-electron chi connectivity index (χ3n) is 6.17. The molecule has 0 aromatic heterocycles. The summed E-state index contributed by atoms with van der Waals surface area (Å²) in [5, 5.41) is 3.17. The molecule has 0 aromatic rings. The van der Waals surface area contributed by atoms with Crippen LogP contribution in [0.4, 0.5) is 0 Å². The molecular formula is C19H36N6O3S. The summed E-state index contributed by atoms with van der Waals surface area (Å²) >= 11 is 0. The van der Waals surface area contributed by atoms with Crippen LogP contribution in [0.2, 0.25) is 0 Å². The van der Waals surface area contributed by atoms with E-state index in [9.17, 15) is 13.2 Å². The number of carbonyl (C=O) groups excluding carboxylic acids is 1. The third kappa shape index (κ3) is 6.82. The molecule has 0 radical (unpaired) electrons. The molecule has 2 N–H and O–H groups in total. The molecule has 2 aliphatic heterocycles. The van der Waals surface area contributed by atoms with Crippen molar-refractivity contribution in [2.24, 2.45) is 10.9 Å². The van der Waals surface area contributed by atoms with Gasteiger partial charge in [-0.2, -0.15) is 0 Å². The first-order valence-corrected chi connectivity index (χ1v) is 12.5. The minimum absolute atomic E-state index is 0.0447. The maximum absolute atomic E-state index is 12.3. The van der Waals surface area contributed by atoms with Crippen molar-refractivity contribution in [1.82, 2.24) is 24.7 Å². The van der Waals surface area contributed by atoms with Gasteiger partial charge in [-0.25, -0.2) is 13.1 Å². The average Bonchev–Trinajstić information content (AvgIpc) is 3.20. The fourth-order valence-corrected chi connectivity index (χ4v) is 5.02. The van der Waals surface area contributed by atoms with Gasteiger partial charge in [-0.05, 0) is 31.6 Å². The maximum atomic E-state index is 12.3. The van der Waals surface area contributed by atoms with Crippen LogP contribution in [0.3, 0.4) is 0 Å². The van der Waals surface area contributed by atoms with E-state index in [-0.39, 0.29) is 11.7 Å². The number of aliphatic imine (C=N–C) groups is 1. The number of guanidine groups is 1. The molecule has 10 heteroatoms. The van der Waals surface area contributed by atoms with Crippen LogP contribution in [0.5, 0.6) is 0 Å². The van der Waals surface area contributed by atoms with Gasteiger partial charge in [0.2, 0.25) is 15.9 Å². The molecule has 1 amide bonds. The quantitative estimate of drug-likeness (QED) is 0.400. The third-order valence-corrected chi connectivity index (χ3v) is 7.52. The fraction of sp³-hybridized carbons (Fsp3) is 0.895. The summed E-state index contributed by atoms with van der Waals surface area (Å²) in [5.41, 5.74) is 0. The number of rotatable bonds is 8. The van der Waals surface area contributed by atoms with Gasteiger partial charge in [0.15, 0.2) is 5.96 Å². The Balaban J connectivity index is 1.34. The largest absolute Gasteiger partial charge is 0.355 e. The first-order chi connectivity index (χ1) is 14.0. The van der Waals surface area contributed by atoms with Crippen molar-refractivity contribution < 1.29 is 13.2 Å². The summed E-state index contributed by atoms with van der Waals surface area (Å²) in [6.07, 6.45) is 5.71. The second kappa shape index (κ2) is 10.6. The van der Waals surface area contributed by atoms with Crippen LogP contribution in [-0.2, 0) is 14.8 Å². The van der Waals surface area contributed by atoms with Gasteiger partial charge < -0.3 is 15.1 Å². The van der Waals surface area contributed by atoms with E-state index in [1.165, 1.54) is 6.42 Å². The lowest BCUT2D eigenvalue weighted by Crippen LogP contribution is -2.54. The Labute approximate surface area is 174 Å². The predicted molar refractivity (Wildman–Crippen MR) is 114 cm³/mol. The molecule has 2 heterocycles. The first kappa shape index (κ1) is 22.3. The molecule has 9 nitrogen and oxygen atoms in total. The molecule has 2 saturated heterocycles. The molecule has 166 valence electrons. The zero-order valence-corrected chi connectivity index (χ0v) is 18.4. The van der Waals surface area contributed by atoms with Crippen LogP contribution < -0.4 is 10.0 Å². The summed E-state index contributed by atoms with van der Waals surface area (Å²) < 4.78 is 27.0. The SMILES string of the molecule is CN=C(NCCS(=O)(=O)NCC1CCC1)N1CCN(CC(=O)N2CCCC2)CC1. The molecule has 1 saturated carbocycles. The number of hydrogen-bond acceptors (Lipinski definition) is 5. The highest BCUT2D eigenvalue weighted by Gasteiger charge is 2.25. The summed E-state index contributed by atoms with van der Waals surface area (Å²) in [5.74, 6) is 1.52. The van der Waals surface area contributed by atoms with Gasteiger partial charge in [-0.3, -0.25) is 14.7 Å². The van der Waals surface area contributed by atoms with Crippen molar-refractivity contribution in [1.29, 1.82) is 0 Å². The second-order valence-corrected chi connectivity index (χ2v) is 10.2. The Kier molecular flexibility index (Phi) is 8.14. The number of carbonyl (C=O) groups is 1. The minimum Gasteiger partial charge on any atom is -0.355 e. The number of piperazine rings is 1. The van der Waals surface area contributed by atoms with Gasteiger partial charge in [0, 0.05) is 59.4 Å². The molecular weight excluding hydrogens is 392 g/mol. The lowest BCUT2D eigenvalue weighted by molar-refractivity contribution is -0.131. The van der Waals surface area contributed by atoms with E-state index in [2.05, 4.69) is 24.8 Å². The Morgan fingerprint density at radius 2 is 1.69 bits per heavy atom. The van der Waals surface area contributed by atoms with Crippen molar-refractivity contribution in [3.05, 3.63) is 0 Å². The monoisotopic (exact) mass is 428 g/mol. The van der Waals surface area contributed by atoms with Crippen LogP contribution in [0.25, 0.3) is 0 Å². The zero-order chi connectivity index (χ0) is 20.7. The van der Waals surface area contributed by atoms with Gasteiger partial charge in [-0.1, -0.05) is 6.42 Å². The number of nitrogens with one attached hydrogen (secondary N) is 2. The maximum Gasteiger partial charge on any atom is 0.236 e. The number of sulfonamides is 1. The lowest BCUT2D eigenvalue weighted by Gasteiger charge is -2.36.